The van der Waals surface area contributed by atoms with Gasteiger partial charge in [-0.05, 0) is 26.3 Å². The van der Waals surface area contributed by atoms with Crippen molar-refractivity contribution in [3.63, 3.8) is 0 Å². The largest absolute Gasteiger partial charge is 0.476 e. The fourth-order valence-corrected chi connectivity index (χ4v) is 1.06. The number of methoxy groups -OCH3 is 1. The van der Waals surface area contributed by atoms with Gasteiger partial charge in [-0.15, -0.1) is 0 Å². The molecule has 0 fully saturated rings. The number of rotatable bonds is 10. The molecule has 0 saturated heterocycles. The van der Waals surface area contributed by atoms with Crippen molar-refractivity contribution in [2.75, 3.05) is 27.1 Å². The fraction of sp³-hybridized carbons (Fsp3) is 0.818. The molecule has 0 aromatic rings. The maximum atomic E-state index is 5.39. The van der Waals surface area contributed by atoms with Crippen molar-refractivity contribution in [2.45, 2.75) is 33.0 Å². The molecule has 0 saturated carbocycles. The van der Waals surface area contributed by atoms with Gasteiger partial charge in [0.1, 0.15) is 0 Å². The van der Waals surface area contributed by atoms with E-state index in [-0.39, 0.29) is 13.1 Å². The van der Waals surface area contributed by atoms with Gasteiger partial charge in [-0.2, -0.15) is 0 Å². The molecule has 0 aromatic carbocycles. The number of hydrogen-bond acceptors (Lipinski definition) is 4. The van der Waals surface area contributed by atoms with Gasteiger partial charge in [0.05, 0.1) is 6.26 Å². The van der Waals surface area contributed by atoms with E-state index < -0.39 is 0 Å². The van der Waals surface area contributed by atoms with Gasteiger partial charge in [-0.1, -0.05) is 0 Å². The molecule has 0 radical (unpaired) electrons. The molecule has 0 aliphatic rings. The summed E-state index contributed by atoms with van der Waals surface area (Å²) in [6.45, 7) is 5.56. The fourth-order valence-electron chi connectivity index (χ4n) is 1.06. The van der Waals surface area contributed by atoms with Crippen LogP contribution in [0.3, 0.4) is 0 Å². The molecule has 0 amide bonds. The summed E-state index contributed by atoms with van der Waals surface area (Å²) in [4.78, 5) is 0. The van der Waals surface area contributed by atoms with Crippen molar-refractivity contribution >= 4 is 0 Å². The summed E-state index contributed by atoms with van der Waals surface area (Å²) in [6, 6.07) is 0. The molecule has 4 heteroatoms. The van der Waals surface area contributed by atoms with E-state index in [4.69, 9.17) is 18.9 Å². The summed E-state index contributed by atoms with van der Waals surface area (Å²) in [5.74, 6) is 0. The van der Waals surface area contributed by atoms with Gasteiger partial charge in [0.15, 0.2) is 13.1 Å². The molecule has 0 aliphatic heterocycles. The molecule has 90 valence electrons. The molecular formula is C11H22O4. The van der Waals surface area contributed by atoms with E-state index in [9.17, 15) is 0 Å². The van der Waals surface area contributed by atoms with Crippen LogP contribution in [-0.2, 0) is 18.9 Å². The topological polar surface area (TPSA) is 36.9 Å². The van der Waals surface area contributed by atoms with Gasteiger partial charge in [0.25, 0.3) is 0 Å². The van der Waals surface area contributed by atoms with Gasteiger partial charge in [0, 0.05) is 26.7 Å². The van der Waals surface area contributed by atoms with Gasteiger partial charge in [0.2, 0.25) is 0 Å². The molecule has 0 rings (SSSR count). The first-order valence-electron chi connectivity index (χ1n) is 5.33. The third-order valence-electron chi connectivity index (χ3n) is 1.65. The smallest absolute Gasteiger partial charge is 0.187 e. The Hall–Kier alpha value is -0.580. The molecule has 4 nitrogen and oxygen atoms in total. The predicted molar refractivity (Wildman–Crippen MR) is 58.4 cm³/mol. The van der Waals surface area contributed by atoms with E-state index in [0.717, 1.165) is 12.8 Å². The minimum atomic E-state index is -0.105. The Morgan fingerprint density at radius 2 is 1.80 bits per heavy atom. The molecule has 0 unspecified atom stereocenters. The molecule has 0 spiro atoms. The van der Waals surface area contributed by atoms with Gasteiger partial charge >= 0.3 is 0 Å². The monoisotopic (exact) mass is 218 g/mol. The van der Waals surface area contributed by atoms with Crippen LogP contribution in [0, 0.1) is 0 Å². The van der Waals surface area contributed by atoms with Crippen LogP contribution in [0.4, 0.5) is 0 Å². The van der Waals surface area contributed by atoms with Crippen LogP contribution >= 0.6 is 0 Å². The summed E-state index contributed by atoms with van der Waals surface area (Å²) in [5.41, 5.74) is 0. The van der Waals surface area contributed by atoms with Crippen molar-refractivity contribution < 1.29 is 18.9 Å². The Morgan fingerprint density at radius 1 is 1.13 bits per heavy atom. The SMILES string of the molecule is CCOC(CCC=COCOC)OCC. The molecule has 0 atom stereocenters. The molecule has 0 bridgehead atoms. The van der Waals surface area contributed by atoms with Crippen LogP contribution in [0.1, 0.15) is 26.7 Å². The third-order valence-corrected chi connectivity index (χ3v) is 1.65. The van der Waals surface area contributed by atoms with Crippen LogP contribution in [-0.4, -0.2) is 33.4 Å². The Morgan fingerprint density at radius 3 is 2.33 bits per heavy atom. The summed E-state index contributed by atoms with van der Waals surface area (Å²) in [5, 5.41) is 0. The maximum absolute atomic E-state index is 5.39. The van der Waals surface area contributed by atoms with E-state index >= 15 is 0 Å². The maximum Gasteiger partial charge on any atom is 0.187 e. The second kappa shape index (κ2) is 11.5. The Balaban J connectivity index is 3.47. The number of ether oxygens (including phenoxy) is 4. The highest BCUT2D eigenvalue weighted by atomic mass is 16.7. The summed E-state index contributed by atoms with van der Waals surface area (Å²) in [7, 11) is 1.59. The molecule has 0 aliphatic carbocycles. The Kier molecular flexibility index (Phi) is 11.1. The zero-order chi connectivity index (χ0) is 11.4. The van der Waals surface area contributed by atoms with Crippen LogP contribution in [0.5, 0.6) is 0 Å². The predicted octanol–water partition coefficient (Wildman–Crippen LogP) is 2.30. The lowest BCUT2D eigenvalue weighted by Gasteiger charge is -2.15. The van der Waals surface area contributed by atoms with Crippen LogP contribution < -0.4 is 0 Å². The van der Waals surface area contributed by atoms with Gasteiger partial charge in [-0.25, -0.2) is 0 Å². The first-order valence-corrected chi connectivity index (χ1v) is 5.33. The molecule has 0 aromatic heterocycles. The first-order chi connectivity index (χ1) is 7.35. The second-order valence-electron chi connectivity index (χ2n) is 2.86. The van der Waals surface area contributed by atoms with Crippen molar-refractivity contribution in [2.24, 2.45) is 0 Å². The highest BCUT2D eigenvalue weighted by molar-refractivity contribution is 4.73. The number of hydrogen-bond donors (Lipinski definition) is 0. The van der Waals surface area contributed by atoms with E-state index in [1.807, 2.05) is 19.9 Å². The zero-order valence-electron chi connectivity index (χ0n) is 9.90. The molecule has 15 heavy (non-hydrogen) atoms. The first kappa shape index (κ1) is 14.4. The summed E-state index contributed by atoms with van der Waals surface area (Å²) in [6.07, 6.45) is 5.18. The van der Waals surface area contributed by atoms with E-state index in [1.165, 1.54) is 0 Å². The average Bonchev–Trinajstić information content (AvgIpc) is 2.24. The lowest BCUT2D eigenvalue weighted by Crippen LogP contribution is -2.16. The van der Waals surface area contributed by atoms with Crippen molar-refractivity contribution in [1.29, 1.82) is 0 Å². The lowest BCUT2D eigenvalue weighted by atomic mass is 10.3. The number of allylic oxidation sites excluding steroid dienone is 1. The van der Waals surface area contributed by atoms with Crippen molar-refractivity contribution in [3.05, 3.63) is 12.3 Å². The Bertz CT molecular complexity index is 142. The average molecular weight is 218 g/mol. The van der Waals surface area contributed by atoms with E-state index in [1.54, 1.807) is 13.4 Å². The minimum Gasteiger partial charge on any atom is -0.476 e. The quantitative estimate of drug-likeness (QED) is 0.320. The second-order valence-corrected chi connectivity index (χ2v) is 2.86. The van der Waals surface area contributed by atoms with Crippen LogP contribution in [0.25, 0.3) is 0 Å². The lowest BCUT2D eigenvalue weighted by molar-refractivity contribution is -0.138. The normalized spacial score (nSPS) is 11.5. The van der Waals surface area contributed by atoms with E-state index in [0.29, 0.717) is 13.2 Å². The summed E-state index contributed by atoms with van der Waals surface area (Å²) < 4.78 is 20.5. The minimum absolute atomic E-state index is 0.105. The highest BCUT2D eigenvalue weighted by Crippen LogP contribution is 2.05. The molecule has 0 N–H and O–H groups in total. The Labute approximate surface area is 92.2 Å². The zero-order valence-corrected chi connectivity index (χ0v) is 9.90. The third kappa shape index (κ3) is 9.72. The molecular weight excluding hydrogens is 196 g/mol. The van der Waals surface area contributed by atoms with Crippen LogP contribution in [0.15, 0.2) is 12.3 Å². The molecule has 0 heterocycles. The van der Waals surface area contributed by atoms with Gasteiger partial charge in [-0.3, -0.25) is 0 Å². The van der Waals surface area contributed by atoms with Crippen LogP contribution in [0.2, 0.25) is 0 Å². The standard InChI is InChI=1S/C11H22O4/c1-4-14-11(15-5-2)8-6-7-9-13-10-12-3/h7,9,11H,4-6,8,10H2,1-3H3. The summed E-state index contributed by atoms with van der Waals surface area (Å²) >= 11 is 0. The van der Waals surface area contributed by atoms with E-state index in [2.05, 4.69) is 0 Å². The highest BCUT2D eigenvalue weighted by Gasteiger charge is 2.05. The van der Waals surface area contributed by atoms with Crippen molar-refractivity contribution in [1.82, 2.24) is 0 Å². The van der Waals surface area contributed by atoms with Gasteiger partial charge < -0.3 is 18.9 Å². The van der Waals surface area contributed by atoms with Crippen molar-refractivity contribution in [3.8, 4) is 0 Å².